The third-order valence-electron chi connectivity index (χ3n) is 1.40. The number of hydrogen-bond acceptors (Lipinski definition) is 1. The highest BCUT2D eigenvalue weighted by Crippen LogP contribution is 2.14. The van der Waals surface area contributed by atoms with Crippen LogP contribution in [0.5, 0.6) is 0 Å². The number of unbranched alkanes of at least 4 members (excludes halogenated alkanes) is 2. The molecule has 0 saturated heterocycles. The monoisotopic (exact) mass is 220 g/mol. The summed E-state index contributed by atoms with van der Waals surface area (Å²) in [7, 11) is 0. The minimum absolute atomic E-state index is 0.753. The second kappa shape index (κ2) is 8.12. The van der Waals surface area contributed by atoms with Gasteiger partial charge >= 0.3 is 0 Å². The van der Waals surface area contributed by atoms with Crippen LogP contribution in [0.15, 0.2) is 10.7 Å². The van der Waals surface area contributed by atoms with Gasteiger partial charge in [0.25, 0.3) is 0 Å². The van der Waals surface area contributed by atoms with Crippen molar-refractivity contribution in [2.45, 2.75) is 39.5 Å². The Kier molecular flexibility index (Phi) is 8.13. The van der Waals surface area contributed by atoms with Crippen LogP contribution in [-0.4, -0.2) is 6.61 Å². The second-order valence-electron chi connectivity index (χ2n) is 2.48. The molecule has 0 radical (unpaired) electrons. The van der Waals surface area contributed by atoms with Gasteiger partial charge < -0.3 is 4.74 Å². The quantitative estimate of drug-likeness (QED) is 0.489. The molecule has 0 rings (SSSR count). The number of allylic oxidation sites excluding steroid dienone is 1. The van der Waals surface area contributed by atoms with Crippen molar-refractivity contribution in [1.29, 1.82) is 0 Å². The van der Waals surface area contributed by atoms with Crippen molar-refractivity contribution in [1.82, 2.24) is 0 Å². The van der Waals surface area contributed by atoms with Crippen LogP contribution < -0.4 is 0 Å². The molecule has 0 unspecified atom stereocenters. The van der Waals surface area contributed by atoms with Crippen LogP contribution in [0, 0.1) is 0 Å². The Morgan fingerprint density at radius 1 is 1.36 bits per heavy atom. The lowest BCUT2D eigenvalue weighted by Crippen LogP contribution is -1.81. The number of halogens is 1. The minimum atomic E-state index is 0.753. The van der Waals surface area contributed by atoms with E-state index < -0.39 is 0 Å². The van der Waals surface area contributed by atoms with E-state index in [0.717, 1.165) is 13.0 Å². The summed E-state index contributed by atoms with van der Waals surface area (Å²) >= 11 is 3.45. The molecule has 0 aliphatic carbocycles. The first kappa shape index (κ1) is 11.0. The molecule has 0 heterocycles. The van der Waals surface area contributed by atoms with Gasteiger partial charge in [-0.05, 0) is 19.8 Å². The van der Waals surface area contributed by atoms with E-state index in [9.17, 15) is 0 Å². The Balaban J connectivity index is 3.27. The van der Waals surface area contributed by atoms with Crippen LogP contribution in [0.25, 0.3) is 0 Å². The van der Waals surface area contributed by atoms with Gasteiger partial charge in [0.05, 0.1) is 12.9 Å². The topological polar surface area (TPSA) is 9.23 Å². The van der Waals surface area contributed by atoms with Gasteiger partial charge in [0.1, 0.15) is 0 Å². The second-order valence-corrected chi connectivity index (χ2v) is 3.50. The Bertz CT molecular complexity index is 110. The van der Waals surface area contributed by atoms with Gasteiger partial charge in [-0.2, -0.15) is 0 Å². The zero-order chi connectivity index (χ0) is 8.53. The van der Waals surface area contributed by atoms with E-state index in [1.165, 1.54) is 23.7 Å². The van der Waals surface area contributed by atoms with E-state index in [2.05, 4.69) is 22.9 Å². The summed E-state index contributed by atoms with van der Waals surface area (Å²) in [6.45, 7) is 4.95. The Hall–Kier alpha value is 0.0200. The number of hydrogen-bond donors (Lipinski definition) is 0. The summed E-state index contributed by atoms with van der Waals surface area (Å²) in [6.07, 6.45) is 6.73. The Labute approximate surface area is 78.0 Å². The molecule has 0 atom stereocenters. The Morgan fingerprint density at radius 2 is 2.09 bits per heavy atom. The van der Waals surface area contributed by atoms with Crippen LogP contribution >= 0.6 is 15.9 Å². The smallest absolute Gasteiger partial charge is 0.0929 e. The average Bonchev–Trinajstić information content (AvgIpc) is 2.01. The fourth-order valence-electron chi connectivity index (χ4n) is 0.777. The largest absolute Gasteiger partial charge is 0.501 e. The van der Waals surface area contributed by atoms with E-state index in [1.807, 2.05) is 6.92 Å². The molecule has 0 aromatic heterocycles. The summed E-state index contributed by atoms with van der Waals surface area (Å²) in [5.74, 6) is 0. The number of rotatable bonds is 6. The standard InChI is InChI=1S/C9H17BrO/c1-3-5-6-7-9(10)8-11-4-2/h8H,3-7H2,1-2H3/b9-8-. The van der Waals surface area contributed by atoms with Crippen molar-refractivity contribution in [3.05, 3.63) is 10.7 Å². The molecular formula is C9H17BrO. The fraction of sp³-hybridized carbons (Fsp3) is 0.778. The summed E-state index contributed by atoms with van der Waals surface area (Å²) < 4.78 is 6.29. The predicted molar refractivity (Wildman–Crippen MR) is 52.8 cm³/mol. The van der Waals surface area contributed by atoms with Crippen molar-refractivity contribution < 1.29 is 4.74 Å². The third kappa shape index (κ3) is 7.92. The maximum absolute atomic E-state index is 5.12. The molecule has 11 heavy (non-hydrogen) atoms. The van der Waals surface area contributed by atoms with Gasteiger partial charge in [-0.3, -0.25) is 0 Å². The third-order valence-corrected chi connectivity index (χ3v) is 1.98. The van der Waals surface area contributed by atoms with Gasteiger partial charge in [-0.25, -0.2) is 0 Å². The molecule has 0 aliphatic rings. The van der Waals surface area contributed by atoms with Gasteiger partial charge in [0, 0.05) is 4.48 Å². The highest BCUT2D eigenvalue weighted by Gasteiger charge is 1.91. The molecule has 0 N–H and O–H groups in total. The lowest BCUT2D eigenvalue weighted by molar-refractivity contribution is 0.267. The fourth-order valence-corrected chi connectivity index (χ4v) is 1.19. The highest BCUT2D eigenvalue weighted by molar-refractivity contribution is 9.11. The first-order chi connectivity index (χ1) is 5.31. The molecule has 0 aromatic carbocycles. The predicted octanol–water partition coefficient (Wildman–Crippen LogP) is 3.84. The van der Waals surface area contributed by atoms with Crippen molar-refractivity contribution >= 4 is 15.9 Å². The Morgan fingerprint density at radius 3 is 2.64 bits per heavy atom. The molecule has 2 heteroatoms. The zero-order valence-electron chi connectivity index (χ0n) is 7.40. The SMILES string of the molecule is CCCCC/C(Br)=C/OCC. The maximum atomic E-state index is 5.12. The summed E-state index contributed by atoms with van der Waals surface area (Å²) in [5.41, 5.74) is 0. The van der Waals surface area contributed by atoms with Crippen molar-refractivity contribution in [3.8, 4) is 0 Å². The summed E-state index contributed by atoms with van der Waals surface area (Å²) in [6, 6.07) is 0. The normalized spacial score (nSPS) is 11.7. The molecule has 66 valence electrons. The molecular weight excluding hydrogens is 204 g/mol. The first-order valence-corrected chi connectivity index (χ1v) is 5.06. The van der Waals surface area contributed by atoms with Gasteiger partial charge in [-0.15, -0.1) is 0 Å². The lowest BCUT2D eigenvalue weighted by atomic mass is 10.2. The van der Waals surface area contributed by atoms with Crippen LogP contribution in [0.4, 0.5) is 0 Å². The van der Waals surface area contributed by atoms with E-state index >= 15 is 0 Å². The molecule has 0 bridgehead atoms. The van der Waals surface area contributed by atoms with E-state index in [0.29, 0.717) is 0 Å². The van der Waals surface area contributed by atoms with Crippen LogP contribution in [0.2, 0.25) is 0 Å². The van der Waals surface area contributed by atoms with E-state index in [-0.39, 0.29) is 0 Å². The summed E-state index contributed by atoms with van der Waals surface area (Å²) in [5, 5.41) is 0. The summed E-state index contributed by atoms with van der Waals surface area (Å²) in [4.78, 5) is 0. The molecule has 0 aromatic rings. The molecule has 0 amide bonds. The molecule has 0 spiro atoms. The average molecular weight is 221 g/mol. The van der Waals surface area contributed by atoms with Crippen LogP contribution in [-0.2, 0) is 4.74 Å². The lowest BCUT2D eigenvalue weighted by Gasteiger charge is -1.98. The van der Waals surface area contributed by atoms with Gasteiger partial charge in [-0.1, -0.05) is 35.7 Å². The van der Waals surface area contributed by atoms with Crippen molar-refractivity contribution in [2.24, 2.45) is 0 Å². The molecule has 1 nitrogen and oxygen atoms in total. The zero-order valence-corrected chi connectivity index (χ0v) is 8.99. The number of ether oxygens (including phenoxy) is 1. The van der Waals surface area contributed by atoms with Crippen molar-refractivity contribution in [2.75, 3.05) is 6.61 Å². The highest BCUT2D eigenvalue weighted by atomic mass is 79.9. The van der Waals surface area contributed by atoms with Gasteiger partial charge in [0.15, 0.2) is 0 Å². The van der Waals surface area contributed by atoms with E-state index in [4.69, 9.17) is 4.74 Å². The van der Waals surface area contributed by atoms with Crippen LogP contribution in [0.3, 0.4) is 0 Å². The minimum Gasteiger partial charge on any atom is -0.501 e. The van der Waals surface area contributed by atoms with Crippen LogP contribution in [0.1, 0.15) is 39.5 Å². The van der Waals surface area contributed by atoms with Gasteiger partial charge in [0.2, 0.25) is 0 Å². The van der Waals surface area contributed by atoms with Crippen molar-refractivity contribution in [3.63, 3.8) is 0 Å². The molecule has 0 aliphatic heterocycles. The first-order valence-electron chi connectivity index (χ1n) is 4.27. The molecule has 0 saturated carbocycles. The van der Waals surface area contributed by atoms with E-state index in [1.54, 1.807) is 6.26 Å². The molecule has 0 fully saturated rings. The maximum Gasteiger partial charge on any atom is 0.0929 e.